The SMILES string of the molecule is CC(I)=C(C)c1ccccc1. The van der Waals surface area contributed by atoms with Crippen LogP contribution in [0.2, 0.25) is 0 Å². The van der Waals surface area contributed by atoms with Gasteiger partial charge in [-0.2, -0.15) is 0 Å². The van der Waals surface area contributed by atoms with Crippen LogP contribution >= 0.6 is 22.6 Å². The van der Waals surface area contributed by atoms with Gasteiger partial charge in [-0.15, -0.1) is 0 Å². The van der Waals surface area contributed by atoms with E-state index in [9.17, 15) is 0 Å². The van der Waals surface area contributed by atoms with Gasteiger partial charge in [0, 0.05) is 0 Å². The van der Waals surface area contributed by atoms with Crippen LogP contribution in [0.3, 0.4) is 0 Å². The van der Waals surface area contributed by atoms with Crippen LogP contribution < -0.4 is 0 Å². The standard InChI is InChI=1S/C10H11I/c1-8(9(2)11)10-6-4-3-5-7-10/h3-7H,1-2H3. The fraction of sp³-hybridized carbons (Fsp3) is 0.200. The van der Waals surface area contributed by atoms with Gasteiger partial charge in [0.1, 0.15) is 0 Å². The Balaban J connectivity index is 3.04. The summed E-state index contributed by atoms with van der Waals surface area (Å²) in [5, 5.41) is 0. The number of benzene rings is 1. The van der Waals surface area contributed by atoms with E-state index in [1.54, 1.807) is 0 Å². The summed E-state index contributed by atoms with van der Waals surface area (Å²) in [5.74, 6) is 0. The second-order valence-electron chi connectivity index (χ2n) is 2.52. The van der Waals surface area contributed by atoms with E-state index in [4.69, 9.17) is 0 Å². The normalized spacial score (nSPS) is 12.6. The van der Waals surface area contributed by atoms with Crippen LogP contribution in [0.25, 0.3) is 5.57 Å². The molecule has 1 aromatic rings. The van der Waals surface area contributed by atoms with Crippen molar-refractivity contribution in [1.82, 2.24) is 0 Å². The first-order valence-corrected chi connectivity index (χ1v) is 4.68. The molecule has 1 aromatic carbocycles. The van der Waals surface area contributed by atoms with Gasteiger partial charge < -0.3 is 0 Å². The minimum absolute atomic E-state index is 1.32. The van der Waals surface area contributed by atoms with Crippen LogP contribution in [0, 0.1) is 0 Å². The van der Waals surface area contributed by atoms with E-state index in [2.05, 4.69) is 60.7 Å². The van der Waals surface area contributed by atoms with Gasteiger partial charge in [0.25, 0.3) is 0 Å². The average Bonchev–Trinajstić information content (AvgIpc) is 2.05. The molecular weight excluding hydrogens is 247 g/mol. The summed E-state index contributed by atoms with van der Waals surface area (Å²) >= 11 is 2.35. The van der Waals surface area contributed by atoms with Crippen LogP contribution in [0.1, 0.15) is 19.4 Å². The van der Waals surface area contributed by atoms with Crippen molar-refractivity contribution in [2.75, 3.05) is 0 Å². The molecule has 58 valence electrons. The molecule has 0 heterocycles. The van der Waals surface area contributed by atoms with Gasteiger partial charge >= 0.3 is 0 Å². The fourth-order valence-corrected chi connectivity index (χ4v) is 1.20. The van der Waals surface area contributed by atoms with E-state index in [-0.39, 0.29) is 0 Å². The molecule has 1 heteroatoms. The molecule has 0 aliphatic rings. The molecule has 0 saturated heterocycles. The maximum absolute atomic E-state index is 2.35. The summed E-state index contributed by atoms with van der Waals surface area (Å²) < 4.78 is 1.36. The maximum atomic E-state index is 2.35. The third-order valence-corrected chi connectivity index (χ3v) is 2.53. The van der Waals surface area contributed by atoms with Crippen molar-refractivity contribution in [3.8, 4) is 0 Å². The molecule has 0 radical (unpaired) electrons. The molecule has 0 nitrogen and oxygen atoms in total. The van der Waals surface area contributed by atoms with Crippen molar-refractivity contribution >= 4 is 28.2 Å². The predicted molar refractivity (Wildman–Crippen MR) is 58.7 cm³/mol. The highest BCUT2D eigenvalue weighted by atomic mass is 127. The highest BCUT2D eigenvalue weighted by Gasteiger charge is 1.95. The monoisotopic (exact) mass is 258 g/mol. The molecular formula is C10H11I. The highest BCUT2D eigenvalue weighted by molar-refractivity contribution is 14.1. The molecule has 0 aliphatic heterocycles. The van der Waals surface area contributed by atoms with Crippen molar-refractivity contribution < 1.29 is 0 Å². The zero-order valence-electron chi connectivity index (χ0n) is 6.76. The third kappa shape index (κ3) is 2.33. The number of hydrogen-bond acceptors (Lipinski definition) is 0. The molecule has 0 aliphatic carbocycles. The Bertz CT molecular complexity index is 255. The van der Waals surface area contributed by atoms with Crippen molar-refractivity contribution in [3.05, 3.63) is 39.5 Å². The average molecular weight is 258 g/mol. The molecule has 0 N–H and O–H groups in total. The zero-order valence-corrected chi connectivity index (χ0v) is 8.92. The van der Waals surface area contributed by atoms with Crippen LogP contribution in [0.4, 0.5) is 0 Å². The maximum Gasteiger partial charge on any atom is -0.00899 e. The molecule has 0 aromatic heterocycles. The Kier molecular flexibility index (Phi) is 3.12. The number of allylic oxidation sites excluding steroid dienone is 2. The summed E-state index contributed by atoms with van der Waals surface area (Å²) in [4.78, 5) is 0. The lowest BCUT2D eigenvalue weighted by Crippen LogP contribution is -1.78. The lowest BCUT2D eigenvalue weighted by molar-refractivity contribution is 1.54. The van der Waals surface area contributed by atoms with Crippen molar-refractivity contribution in [3.63, 3.8) is 0 Å². The van der Waals surface area contributed by atoms with E-state index in [0.29, 0.717) is 0 Å². The molecule has 0 bridgehead atoms. The number of hydrogen-bond donors (Lipinski definition) is 0. The first kappa shape index (κ1) is 8.78. The molecule has 0 atom stereocenters. The molecule has 0 fully saturated rings. The van der Waals surface area contributed by atoms with Crippen molar-refractivity contribution in [1.29, 1.82) is 0 Å². The minimum Gasteiger partial charge on any atom is -0.0622 e. The summed E-state index contributed by atoms with van der Waals surface area (Å²) in [6, 6.07) is 10.4. The first-order valence-electron chi connectivity index (χ1n) is 3.60. The van der Waals surface area contributed by atoms with Gasteiger partial charge in [-0.1, -0.05) is 30.3 Å². The fourth-order valence-electron chi connectivity index (χ4n) is 0.887. The van der Waals surface area contributed by atoms with Gasteiger partial charge in [0.05, 0.1) is 0 Å². The Hall–Kier alpha value is -0.310. The van der Waals surface area contributed by atoms with Gasteiger partial charge in [0.2, 0.25) is 0 Å². The van der Waals surface area contributed by atoms with Gasteiger partial charge in [0.15, 0.2) is 0 Å². The smallest absolute Gasteiger partial charge is 0.00899 e. The number of rotatable bonds is 1. The van der Waals surface area contributed by atoms with Crippen LogP contribution in [0.5, 0.6) is 0 Å². The van der Waals surface area contributed by atoms with Gasteiger partial charge in [-0.05, 0) is 51.2 Å². The largest absolute Gasteiger partial charge is 0.0622 e. The van der Waals surface area contributed by atoms with Gasteiger partial charge in [-0.3, -0.25) is 0 Å². The summed E-state index contributed by atoms with van der Waals surface area (Å²) in [5.41, 5.74) is 2.69. The van der Waals surface area contributed by atoms with Crippen LogP contribution in [-0.2, 0) is 0 Å². The molecule has 1 rings (SSSR count). The van der Waals surface area contributed by atoms with E-state index in [1.165, 1.54) is 14.7 Å². The highest BCUT2D eigenvalue weighted by Crippen LogP contribution is 2.21. The first-order chi connectivity index (χ1) is 5.22. The molecule has 0 amide bonds. The summed E-state index contributed by atoms with van der Waals surface area (Å²) in [6.45, 7) is 4.28. The predicted octanol–water partition coefficient (Wildman–Crippen LogP) is 3.87. The van der Waals surface area contributed by atoms with E-state index < -0.39 is 0 Å². The summed E-state index contributed by atoms with van der Waals surface area (Å²) in [6.07, 6.45) is 0. The quantitative estimate of drug-likeness (QED) is 0.671. The lowest BCUT2D eigenvalue weighted by Gasteiger charge is -2.01. The second kappa shape index (κ2) is 3.90. The van der Waals surface area contributed by atoms with Crippen molar-refractivity contribution in [2.45, 2.75) is 13.8 Å². The number of halogens is 1. The topological polar surface area (TPSA) is 0 Å². The Morgan fingerprint density at radius 3 is 2.09 bits per heavy atom. The van der Waals surface area contributed by atoms with E-state index >= 15 is 0 Å². The van der Waals surface area contributed by atoms with E-state index in [1.807, 2.05) is 6.07 Å². The van der Waals surface area contributed by atoms with E-state index in [0.717, 1.165) is 0 Å². The molecule has 0 unspecified atom stereocenters. The minimum atomic E-state index is 1.32. The third-order valence-electron chi connectivity index (χ3n) is 1.72. The second-order valence-corrected chi connectivity index (χ2v) is 4.14. The van der Waals surface area contributed by atoms with Gasteiger partial charge in [-0.25, -0.2) is 0 Å². The van der Waals surface area contributed by atoms with Crippen LogP contribution in [0.15, 0.2) is 33.9 Å². The lowest BCUT2D eigenvalue weighted by atomic mass is 10.1. The Labute approximate surface area is 81.5 Å². The Morgan fingerprint density at radius 2 is 1.64 bits per heavy atom. The Morgan fingerprint density at radius 1 is 1.09 bits per heavy atom. The molecule has 0 spiro atoms. The van der Waals surface area contributed by atoms with Crippen LogP contribution in [-0.4, -0.2) is 0 Å². The molecule has 0 saturated carbocycles. The summed E-state index contributed by atoms with van der Waals surface area (Å²) in [7, 11) is 0. The van der Waals surface area contributed by atoms with Crippen molar-refractivity contribution in [2.24, 2.45) is 0 Å². The zero-order chi connectivity index (χ0) is 8.27. The molecule has 11 heavy (non-hydrogen) atoms.